The molecule has 31 heavy (non-hydrogen) atoms. The molecule has 1 saturated carbocycles. The summed E-state index contributed by atoms with van der Waals surface area (Å²) in [7, 11) is 1.64. The summed E-state index contributed by atoms with van der Waals surface area (Å²) in [6, 6.07) is 7.57. The molecule has 1 aromatic carbocycles. The summed E-state index contributed by atoms with van der Waals surface area (Å²) in [6.07, 6.45) is 5.76. The number of aliphatic hydroxyl groups is 1. The summed E-state index contributed by atoms with van der Waals surface area (Å²) in [6.45, 7) is 8.90. The first-order chi connectivity index (χ1) is 15.1. The third-order valence-electron chi connectivity index (χ3n) is 6.44. The van der Waals surface area contributed by atoms with Gasteiger partial charge in [0, 0.05) is 44.7 Å². The van der Waals surface area contributed by atoms with E-state index < -0.39 is 6.10 Å². The van der Waals surface area contributed by atoms with Crippen molar-refractivity contribution in [1.82, 2.24) is 15.5 Å². The van der Waals surface area contributed by atoms with Crippen LogP contribution in [-0.4, -0.2) is 75.6 Å². The molecule has 0 bridgehead atoms. The predicted molar refractivity (Wildman–Crippen MR) is 125 cm³/mol. The Morgan fingerprint density at radius 2 is 2.00 bits per heavy atom. The number of nitrogens with one attached hydrogen (secondary N) is 2. The summed E-state index contributed by atoms with van der Waals surface area (Å²) < 4.78 is 10.8. The predicted octanol–water partition coefficient (Wildman–Crippen LogP) is 2.57. The maximum atomic E-state index is 10.6. The highest BCUT2D eigenvalue weighted by Crippen LogP contribution is 2.37. The van der Waals surface area contributed by atoms with Crippen LogP contribution >= 0.6 is 0 Å². The minimum Gasteiger partial charge on any atom is -0.497 e. The molecule has 3 N–H and O–H groups in total. The highest BCUT2D eigenvalue weighted by atomic mass is 16.5. The summed E-state index contributed by atoms with van der Waals surface area (Å²) >= 11 is 0. The minimum atomic E-state index is -0.629. The fourth-order valence-electron chi connectivity index (χ4n) is 4.65. The molecule has 3 rings (SSSR count). The number of morpholine rings is 1. The maximum absolute atomic E-state index is 10.6. The average Bonchev–Trinajstić information content (AvgIpc) is 2.82. The summed E-state index contributed by atoms with van der Waals surface area (Å²) in [5.74, 6) is 1.52. The van der Waals surface area contributed by atoms with E-state index >= 15 is 0 Å². The molecular weight excluding hydrogens is 392 g/mol. The third-order valence-corrected chi connectivity index (χ3v) is 6.44. The first-order valence-corrected chi connectivity index (χ1v) is 11.8. The molecule has 1 saturated heterocycles. The van der Waals surface area contributed by atoms with Gasteiger partial charge in [-0.25, -0.2) is 0 Å². The van der Waals surface area contributed by atoms with Gasteiger partial charge < -0.3 is 25.2 Å². The lowest BCUT2D eigenvalue weighted by Crippen LogP contribution is -2.47. The molecule has 0 aromatic heterocycles. The van der Waals surface area contributed by atoms with Gasteiger partial charge in [-0.15, -0.1) is 0 Å². The lowest BCUT2D eigenvalue weighted by Gasteiger charge is -2.41. The van der Waals surface area contributed by atoms with E-state index in [-0.39, 0.29) is 5.41 Å². The first kappa shape index (κ1) is 23.8. The highest BCUT2D eigenvalue weighted by Gasteiger charge is 2.34. The number of guanidine groups is 1. The fourth-order valence-corrected chi connectivity index (χ4v) is 4.65. The largest absolute Gasteiger partial charge is 0.497 e. The molecule has 1 atom stereocenters. The van der Waals surface area contributed by atoms with Crippen molar-refractivity contribution in [3.63, 3.8) is 0 Å². The van der Waals surface area contributed by atoms with Crippen LogP contribution < -0.4 is 15.4 Å². The second kappa shape index (κ2) is 12.3. The van der Waals surface area contributed by atoms with E-state index in [0.717, 1.165) is 63.2 Å². The van der Waals surface area contributed by atoms with Crippen LogP contribution in [0.1, 0.15) is 50.7 Å². The Bertz CT molecular complexity index is 685. The van der Waals surface area contributed by atoms with Gasteiger partial charge in [-0.2, -0.15) is 0 Å². The SMILES string of the molecule is CCNC(=NCC1(CN2CCOCC2)CCCCC1)NCC(O)c1cccc(OC)c1. The summed E-state index contributed by atoms with van der Waals surface area (Å²) in [5, 5.41) is 17.3. The maximum Gasteiger partial charge on any atom is 0.191 e. The van der Waals surface area contributed by atoms with E-state index in [1.54, 1.807) is 7.11 Å². The zero-order valence-corrected chi connectivity index (χ0v) is 19.2. The third kappa shape index (κ3) is 7.37. The molecule has 2 aliphatic rings. The van der Waals surface area contributed by atoms with Crippen LogP contribution in [0.2, 0.25) is 0 Å². The molecule has 1 aliphatic carbocycles. The summed E-state index contributed by atoms with van der Waals surface area (Å²) in [5.41, 5.74) is 1.07. The number of aliphatic hydroxyl groups excluding tert-OH is 1. The zero-order chi connectivity index (χ0) is 21.9. The zero-order valence-electron chi connectivity index (χ0n) is 19.2. The standard InChI is InChI=1S/C24H40N4O3/c1-3-25-23(26-17-22(29)20-8-7-9-21(16-20)30-2)27-18-24(10-5-4-6-11-24)19-28-12-14-31-15-13-28/h7-9,16,22,29H,3-6,10-15,17-19H2,1-2H3,(H2,25,26,27). The Kier molecular flexibility index (Phi) is 9.43. The number of hydrogen-bond donors (Lipinski definition) is 3. The number of hydrogen-bond acceptors (Lipinski definition) is 5. The number of aliphatic imine (C=N–C) groups is 1. The number of ether oxygens (including phenoxy) is 2. The van der Waals surface area contributed by atoms with Crippen LogP contribution in [0.4, 0.5) is 0 Å². The molecule has 0 amide bonds. The minimum absolute atomic E-state index is 0.239. The smallest absolute Gasteiger partial charge is 0.191 e. The van der Waals surface area contributed by atoms with Crippen molar-refractivity contribution in [2.75, 3.05) is 59.6 Å². The number of benzene rings is 1. The molecule has 174 valence electrons. The van der Waals surface area contributed by atoms with Gasteiger partial charge in [0.15, 0.2) is 5.96 Å². The second-order valence-corrected chi connectivity index (χ2v) is 8.82. The van der Waals surface area contributed by atoms with E-state index in [2.05, 4.69) is 22.5 Å². The van der Waals surface area contributed by atoms with Crippen molar-refractivity contribution < 1.29 is 14.6 Å². The topological polar surface area (TPSA) is 78.4 Å². The van der Waals surface area contributed by atoms with Gasteiger partial charge in [0.2, 0.25) is 0 Å². The first-order valence-electron chi connectivity index (χ1n) is 11.8. The molecule has 1 aromatic rings. The monoisotopic (exact) mass is 432 g/mol. The van der Waals surface area contributed by atoms with E-state index in [1.807, 2.05) is 24.3 Å². The van der Waals surface area contributed by atoms with Gasteiger partial charge in [-0.1, -0.05) is 31.4 Å². The van der Waals surface area contributed by atoms with Crippen molar-refractivity contribution in [1.29, 1.82) is 0 Å². The van der Waals surface area contributed by atoms with E-state index in [9.17, 15) is 5.11 Å². The second-order valence-electron chi connectivity index (χ2n) is 8.82. The van der Waals surface area contributed by atoms with Crippen molar-refractivity contribution in [2.24, 2.45) is 10.4 Å². The van der Waals surface area contributed by atoms with E-state index in [4.69, 9.17) is 14.5 Å². The molecule has 0 radical (unpaired) electrons. The lowest BCUT2D eigenvalue weighted by molar-refractivity contribution is 0.00937. The Morgan fingerprint density at radius 3 is 2.71 bits per heavy atom. The number of nitrogens with zero attached hydrogens (tertiary/aromatic N) is 2. The normalized spacial score (nSPS) is 20.8. The molecule has 1 heterocycles. The van der Waals surface area contributed by atoms with Gasteiger partial charge in [0.05, 0.1) is 26.4 Å². The van der Waals surface area contributed by atoms with Crippen molar-refractivity contribution in [3.05, 3.63) is 29.8 Å². The van der Waals surface area contributed by atoms with Crippen LogP contribution in [0.5, 0.6) is 5.75 Å². The Hall–Kier alpha value is -1.83. The van der Waals surface area contributed by atoms with Crippen molar-refractivity contribution >= 4 is 5.96 Å². The van der Waals surface area contributed by atoms with E-state index in [1.165, 1.54) is 32.1 Å². The summed E-state index contributed by atoms with van der Waals surface area (Å²) in [4.78, 5) is 7.53. The fraction of sp³-hybridized carbons (Fsp3) is 0.708. The Balaban J connectivity index is 1.61. The Morgan fingerprint density at radius 1 is 1.23 bits per heavy atom. The molecule has 7 nitrogen and oxygen atoms in total. The van der Waals surface area contributed by atoms with Crippen LogP contribution in [-0.2, 0) is 4.74 Å². The van der Waals surface area contributed by atoms with Gasteiger partial charge in [-0.3, -0.25) is 9.89 Å². The van der Waals surface area contributed by atoms with Gasteiger partial charge in [-0.05, 0) is 37.5 Å². The average molecular weight is 433 g/mol. The quantitative estimate of drug-likeness (QED) is 0.411. The van der Waals surface area contributed by atoms with Gasteiger partial charge in [0.25, 0.3) is 0 Å². The van der Waals surface area contributed by atoms with Crippen LogP contribution in [0.15, 0.2) is 29.3 Å². The van der Waals surface area contributed by atoms with Crippen LogP contribution in [0.25, 0.3) is 0 Å². The highest BCUT2D eigenvalue weighted by molar-refractivity contribution is 5.79. The molecule has 7 heteroatoms. The molecule has 2 fully saturated rings. The molecule has 0 spiro atoms. The number of methoxy groups -OCH3 is 1. The van der Waals surface area contributed by atoms with Gasteiger partial charge in [0.1, 0.15) is 5.75 Å². The lowest BCUT2D eigenvalue weighted by atomic mass is 9.73. The molecule has 1 aliphatic heterocycles. The van der Waals surface area contributed by atoms with Gasteiger partial charge >= 0.3 is 0 Å². The number of rotatable bonds is 9. The van der Waals surface area contributed by atoms with Crippen LogP contribution in [0.3, 0.4) is 0 Å². The Labute approximate surface area is 187 Å². The molecule has 1 unspecified atom stereocenters. The van der Waals surface area contributed by atoms with E-state index in [0.29, 0.717) is 6.54 Å². The van der Waals surface area contributed by atoms with Crippen LogP contribution in [0, 0.1) is 5.41 Å². The van der Waals surface area contributed by atoms with Crippen molar-refractivity contribution in [2.45, 2.75) is 45.1 Å². The van der Waals surface area contributed by atoms with Crippen molar-refractivity contribution in [3.8, 4) is 5.75 Å². The molecular formula is C24H40N4O3.